The summed E-state index contributed by atoms with van der Waals surface area (Å²) in [5.41, 5.74) is 0.142. The Morgan fingerprint density at radius 2 is 1.27 bits per heavy atom. The second kappa shape index (κ2) is 22.9. The van der Waals surface area contributed by atoms with Crippen LogP contribution in [0, 0.1) is 33.7 Å². The number of carbonyl (C=O) groups is 9. The minimum Gasteiger partial charge on any atom is -0.481 e. The van der Waals surface area contributed by atoms with Gasteiger partial charge in [-0.25, -0.2) is 4.39 Å². The highest BCUT2D eigenvalue weighted by atomic mass is 19.1. The third-order valence-electron chi connectivity index (χ3n) is 8.92. The van der Waals surface area contributed by atoms with Gasteiger partial charge in [0.15, 0.2) is 11.6 Å². The van der Waals surface area contributed by atoms with Crippen LogP contribution in [0.3, 0.4) is 0 Å². The van der Waals surface area contributed by atoms with Crippen molar-refractivity contribution in [3.05, 3.63) is 75.6 Å². The summed E-state index contributed by atoms with van der Waals surface area (Å²) in [7, 11) is 0. The predicted octanol–water partition coefficient (Wildman–Crippen LogP) is 3.03. The second-order valence-electron chi connectivity index (χ2n) is 13.3. The lowest BCUT2D eigenvalue weighted by Crippen LogP contribution is -2.47. The Bertz CT molecular complexity index is 1800. The van der Waals surface area contributed by atoms with Crippen molar-refractivity contribution in [2.24, 2.45) is 17.8 Å². The van der Waals surface area contributed by atoms with Crippen molar-refractivity contribution in [2.45, 2.75) is 83.6 Å². The van der Waals surface area contributed by atoms with Gasteiger partial charge in [-0.1, -0.05) is 30.3 Å². The quantitative estimate of drug-likeness (QED) is 0.0643. The molecule has 2 amide bonds. The van der Waals surface area contributed by atoms with Crippen LogP contribution in [0.2, 0.25) is 0 Å². The minimum atomic E-state index is -1.39. The Labute approximate surface area is 320 Å². The number of nitrogens with zero attached hydrogens (tertiary/aromatic N) is 1. The molecule has 0 radical (unpaired) electrons. The topological polar surface area (TPSA) is 282 Å². The van der Waals surface area contributed by atoms with Crippen LogP contribution in [0.4, 0.5) is 10.1 Å². The lowest BCUT2D eigenvalue weighted by Gasteiger charge is -2.24. The van der Waals surface area contributed by atoms with E-state index in [1.165, 1.54) is 49.4 Å². The normalized spacial score (nSPS) is 13.0. The second-order valence-corrected chi connectivity index (χ2v) is 13.3. The Morgan fingerprint density at radius 1 is 0.696 bits per heavy atom. The number of aliphatic carboxylic acids is 3. The smallest absolute Gasteiger partial charge is 0.303 e. The lowest BCUT2D eigenvalue weighted by atomic mass is 9.88. The number of non-ortho nitro benzene ring substituents is 1. The molecule has 0 saturated heterocycles. The van der Waals surface area contributed by atoms with Gasteiger partial charge in [0.05, 0.1) is 23.9 Å². The molecule has 0 fully saturated rings. The summed E-state index contributed by atoms with van der Waals surface area (Å²) in [6.45, 7) is 0.492. The molecule has 0 saturated carbocycles. The van der Waals surface area contributed by atoms with Gasteiger partial charge >= 0.3 is 17.9 Å². The van der Waals surface area contributed by atoms with Crippen molar-refractivity contribution in [1.82, 2.24) is 10.6 Å². The number of rotatable bonds is 27. The summed E-state index contributed by atoms with van der Waals surface area (Å²) in [5, 5.41) is 43.1. The summed E-state index contributed by atoms with van der Waals surface area (Å²) >= 11 is 0. The number of Topliss-reactive ketones (excluding diaryl/α,β-unsaturated/α-hetero) is 4. The van der Waals surface area contributed by atoms with Crippen molar-refractivity contribution in [2.75, 3.05) is 6.54 Å². The predicted molar refractivity (Wildman–Crippen MR) is 192 cm³/mol. The average molecular weight is 786 g/mol. The molecule has 0 aliphatic carbocycles. The fourth-order valence-corrected chi connectivity index (χ4v) is 5.77. The van der Waals surface area contributed by atoms with Gasteiger partial charge in [-0.2, -0.15) is 0 Å². The first-order valence-corrected chi connectivity index (χ1v) is 17.6. The zero-order valence-electron chi connectivity index (χ0n) is 30.6. The minimum absolute atomic E-state index is 0.0293. The van der Waals surface area contributed by atoms with Crippen molar-refractivity contribution in [1.29, 1.82) is 0 Å². The lowest BCUT2D eigenvalue weighted by molar-refractivity contribution is -0.384. The van der Waals surface area contributed by atoms with Gasteiger partial charge in [0, 0.05) is 68.4 Å². The van der Waals surface area contributed by atoms with E-state index in [0.717, 1.165) is 6.07 Å². The highest BCUT2D eigenvalue weighted by Crippen LogP contribution is 2.21. The number of halogens is 1. The number of nitro groups is 1. The number of carboxylic acid groups (broad SMARTS) is 3. The number of benzene rings is 2. The van der Waals surface area contributed by atoms with E-state index >= 15 is 0 Å². The molecule has 56 heavy (non-hydrogen) atoms. The SMILES string of the molecule is CC(=O)[C@H](CCC(=O)O)CC(=O)[C@H](Cc1ccc([N+](=O)[O-])cc1)NC(=O)[C@@H](CC(=O)CNC(=O)[C@H](CCC(=O)O)CC(=O)CCC(=O)O)Cc1ccccc1F. The Hall–Kier alpha value is -6.20. The van der Waals surface area contributed by atoms with Crippen molar-refractivity contribution >= 4 is 58.5 Å². The van der Waals surface area contributed by atoms with E-state index < -0.39 is 139 Å². The Morgan fingerprint density at radius 3 is 1.82 bits per heavy atom. The molecule has 4 atom stereocenters. The molecule has 0 aliphatic heterocycles. The van der Waals surface area contributed by atoms with Crippen LogP contribution in [0.5, 0.6) is 0 Å². The van der Waals surface area contributed by atoms with Crippen LogP contribution >= 0.6 is 0 Å². The fourth-order valence-electron chi connectivity index (χ4n) is 5.77. The van der Waals surface area contributed by atoms with Crippen molar-refractivity contribution in [3.63, 3.8) is 0 Å². The third-order valence-corrected chi connectivity index (χ3v) is 8.92. The van der Waals surface area contributed by atoms with Gasteiger partial charge < -0.3 is 26.0 Å². The summed E-state index contributed by atoms with van der Waals surface area (Å²) in [6, 6.07) is 9.06. The molecule has 0 unspecified atom stereocenters. The fraction of sp³-hybridized carbons (Fsp3) is 0.447. The summed E-state index contributed by atoms with van der Waals surface area (Å²) < 4.78 is 14.8. The molecular weight excluding hydrogens is 741 g/mol. The van der Waals surface area contributed by atoms with Gasteiger partial charge in [0.1, 0.15) is 17.4 Å². The number of carboxylic acids is 3. The molecule has 2 aromatic rings. The number of hydrogen-bond donors (Lipinski definition) is 5. The number of nitro benzene ring substituents is 1. The average Bonchev–Trinajstić information content (AvgIpc) is 3.13. The zero-order chi connectivity index (χ0) is 41.9. The molecule has 0 heterocycles. The highest BCUT2D eigenvalue weighted by molar-refractivity contribution is 5.95. The van der Waals surface area contributed by atoms with E-state index in [2.05, 4.69) is 10.6 Å². The van der Waals surface area contributed by atoms with Crippen LogP contribution in [-0.2, 0) is 56.0 Å². The van der Waals surface area contributed by atoms with Gasteiger partial charge in [-0.3, -0.25) is 53.3 Å². The first kappa shape index (κ1) is 46.0. The molecule has 18 heteroatoms. The maximum absolute atomic E-state index is 14.8. The Balaban J connectivity index is 2.35. The maximum atomic E-state index is 14.8. The van der Waals surface area contributed by atoms with E-state index in [-0.39, 0.29) is 36.9 Å². The number of amides is 2. The maximum Gasteiger partial charge on any atom is 0.303 e. The van der Waals surface area contributed by atoms with Crippen LogP contribution in [0.25, 0.3) is 0 Å². The zero-order valence-corrected chi connectivity index (χ0v) is 30.6. The first-order valence-electron chi connectivity index (χ1n) is 17.6. The van der Waals surface area contributed by atoms with Crippen molar-refractivity contribution in [3.8, 4) is 0 Å². The van der Waals surface area contributed by atoms with E-state index in [9.17, 15) is 57.7 Å². The van der Waals surface area contributed by atoms with Crippen LogP contribution in [0.15, 0.2) is 48.5 Å². The molecule has 0 aliphatic rings. The number of hydrogen-bond acceptors (Lipinski definition) is 11. The molecule has 302 valence electrons. The summed E-state index contributed by atoms with van der Waals surface area (Å²) in [4.78, 5) is 122. The highest BCUT2D eigenvalue weighted by Gasteiger charge is 2.31. The summed E-state index contributed by atoms with van der Waals surface area (Å²) in [6.07, 6.45) is -4.43. The van der Waals surface area contributed by atoms with Gasteiger partial charge in [0.2, 0.25) is 11.8 Å². The number of carbonyl (C=O) groups excluding carboxylic acids is 6. The van der Waals surface area contributed by atoms with Gasteiger partial charge in [-0.05, 0) is 49.8 Å². The molecule has 5 N–H and O–H groups in total. The molecular formula is C38H44FN3O14. The number of nitrogens with one attached hydrogen (secondary N) is 2. The van der Waals surface area contributed by atoms with E-state index in [1.54, 1.807) is 0 Å². The summed E-state index contributed by atoms with van der Waals surface area (Å²) in [5.74, 6) is -12.3. The van der Waals surface area contributed by atoms with Crippen molar-refractivity contribution < 1.29 is 67.8 Å². The molecule has 0 bridgehead atoms. The standard InChI is InChI=1S/C38H44FN3O14/c1-22(43)24(8-13-34(47)48)20-33(46)32(16-23-6-10-28(11-7-23)42(55)56)41-38(54)27(17-25-4-2-3-5-31(25)39)19-30(45)21-40-37(53)26(9-14-35(49)50)18-29(44)12-15-36(51)52/h2-7,10-11,24,26-27,32H,8-9,12-21H2,1H3,(H,40,53)(H,41,54)(H,47,48)(H,49,50)(H,51,52)/t24-,26-,27-,32+/m1/s1. The molecule has 17 nitrogen and oxygen atoms in total. The number of ketones is 4. The Kier molecular flexibility index (Phi) is 18.8. The largest absolute Gasteiger partial charge is 0.481 e. The third kappa shape index (κ3) is 16.9. The van der Waals surface area contributed by atoms with E-state index in [1.807, 2.05) is 0 Å². The van der Waals surface area contributed by atoms with E-state index in [0.29, 0.717) is 5.56 Å². The monoisotopic (exact) mass is 785 g/mol. The van der Waals surface area contributed by atoms with Crippen LogP contribution in [-0.4, -0.2) is 85.7 Å². The molecule has 0 spiro atoms. The van der Waals surface area contributed by atoms with Crippen LogP contribution in [0.1, 0.15) is 75.8 Å². The van der Waals surface area contributed by atoms with Crippen LogP contribution < -0.4 is 10.6 Å². The first-order chi connectivity index (χ1) is 26.4. The molecule has 2 rings (SSSR count). The van der Waals surface area contributed by atoms with Gasteiger partial charge in [0.25, 0.3) is 5.69 Å². The van der Waals surface area contributed by atoms with Gasteiger partial charge in [-0.15, -0.1) is 0 Å². The molecule has 2 aromatic carbocycles. The molecule has 0 aromatic heterocycles. The van der Waals surface area contributed by atoms with E-state index in [4.69, 9.17) is 15.3 Å².